The summed E-state index contributed by atoms with van der Waals surface area (Å²) in [6.45, 7) is 3.58. The summed E-state index contributed by atoms with van der Waals surface area (Å²) in [7, 11) is 0. The number of anilines is 2. The van der Waals surface area contributed by atoms with E-state index in [9.17, 15) is 28.0 Å². The van der Waals surface area contributed by atoms with Crippen LogP contribution in [0.3, 0.4) is 0 Å². The molecule has 0 radical (unpaired) electrons. The topological polar surface area (TPSA) is 107 Å². The lowest BCUT2D eigenvalue weighted by Crippen LogP contribution is -2.31. The van der Waals surface area contributed by atoms with Gasteiger partial charge in [0.05, 0.1) is 45.7 Å². The Morgan fingerprint density at radius 1 is 1.05 bits per heavy atom. The van der Waals surface area contributed by atoms with Crippen LogP contribution in [0.5, 0.6) is 0 Å². The number of amides is 2. The van der Waals surface area contributed by atoms with E-state index in [-0.39, 0.29) is 22.6 Å². The van der Waals surface area contributed by atoms with Gasteiger partial charge in [-0.25, -0.2) is 0 Å². The molecule has 3 aromatic rings. The number of nitriles is 1. The molecular formula is C28H23F3N4O3S. The van der Waals surface area contributed by atoms with Crippen molar-refractivity contribution in [1.82, 2.24) is 5.32 Å². The van der Waals surface area contributed by atoms with Gasteiger partial charge < -0.3 is 20.4 Å². The number of rotatable bonds is 7. The van der Waals surface area contributed by atoms with Crippen molar-refractivity contribution in [3.63, 3.8) is 0 Å². The van der Waals surface area contributed by atoms with Gasteiger partial charge in [-0.1, -0.05) is 30.0 Å². The standard InChI is InChI=1S/C28H23F3N4O3S/c1-16-6-3-8-19(12-16)35-26(37)24-17(2)33-27(21(14-32)25(24)22-10-5-11-38-22)39-15-23(36)34-20-9-4-7-18(13-20)28(29,30)31/h3-13,25,33H,15H2,1-2H3,(H,34,36)(H,35,37)/t25-/m1/s1. The molecule has 0 saturated carbocycles. The van der Waals surface area contributed by atoms with E-state index in [1.165, 1.54) is 18.4 Å². The Morgan fingerprint density at radius 3 is 2.41 bits per heavy atom. The van der Waals surface area contributed by atoms with Crippen molar-refractivity contribution in [3.05, 3.63) is 106 Å². The summed E-state index contributed by atoms with van der Waals surface area (Å²) >= 11 is 0.996. The summed E-state index contributed by atoms with van der Waals surface area (Å²) in [5.41, 5.74) is 1.58. The van der Waals surface area contributed by atoms with Crippen molar-refractivity contribution in [3.8, 4) is 6.07 Å². The lowest BCUT2D eigenvalue weighted by molar-refractivity contribution is -0.137. The molecule has 1 aliphatic heterocycles. The second kappa shape index (κ2) is 11.5. The zero-order chi connectivity index (χ0) is 28.2. The first-order valence-corrected chi connectivity index (χ1v) is 12.7. The van der Waals surface area contributed by atoms with Gasteiger partial charge in [-0.05, 0) is 61.9 Å². The van der Waals surface area contributed by atoms with E-state index >= 15 is 0 Å². The van der Waals surface area contributed by atoms with E-state index in [1.807, 2.05) is 25.1 Å². The first kappa shape index (κ1) is 27.6. The molecule has 200 valence electrons. The lowest BCUT2D eigenvalue weighted by Gasteiger charge is -2.28. The van der Waals surface area contributed by atoms with Gasteiger partial charge in [0.25, 0.3) is 5.91 Å². The second-order valence-corrected chi connectivity index (χ2v) is 9.69. The monoisotopic (exact) mass is 552 g/mol. The van der Waals surface area contributed by atoms with Crippen LogP contribution in [0.15, 0.2) is 93.2 Å². The van der Waals surface area contributed by atoms with E-state index in [0.717, 1.165) is 29.5 Å². The SMILES string of the molecule is CC1=C(C(=O)Nc2cccc(C)c2)[C@@H](c2ccco2)C(C#N)=C(SCC(=O)Nc2cccc(C(F)(F)F)c2)N1. The maximum Gasteiger partial charge on any atom is 0.416 e. The Hall–Kier alpha value is -4.43. The van der Waals surface area contributed by atoms with Crippen LogP contribution in [0.4, 0.5) is 24.5 Å². The highest BCUT2D eigenvalue weighted by molar-refractivity contribution is 8.03. The van der Waals surface area contributed by atoms with Crippen LogP contribution in [-0.2, 0) is 15.8 Å². The molecule has 0 aliphatic carbocycles. The minimum absolute atomic E-state index is 0.00107. The van der Waals surface area contributed by atoms with Gasteiger partial charge in [0.1, 0.15) is 5.76 Å². The van der Waals surface area contributed by atoms with Crippen molar-refractivity contribution in [2.24, 2.45) is 0 Å². The van der Waals surface area contributed by atoms with Gasteiger partial charge in [0.15, 0.2) is 0 Å². The quantitative estimate of drug-likeness (QED) is 0.317. The third-order valence-electron chi connectivity index (χ3n) is 5.82. The predicted molar refractivity (Wildman–Crippen MR) is 142 cm³/mol. The number of dihydropyridines is 1. The third-order valence-corrected chi connectivity index (χ3v) is 6.83. The summed E-state index contributed by atoms with van der Waals surface area (Å²) in [5.74, 6) is -1.67. The number of furan rings is 1. The molecule has 0 spiro atoms. The van der Waals surface area contributed by atoms with Gasteiger partial charge in [-0.3, -0.25) is 9.59 Å². The minimum atomic E-state index is -4.54. The number of alkyl halides is 3. The zero-order valence-corrected chi connectivity index (χ0v) is 21.7. The Labute approximate surface area is 226 Å². The molecule has 0 bridgehead atoms. The highest BCUT2D eigenvalue weighted by Crippen LogP contribution is 2.41. The van der Waals surface area contributed by atoms with Gasteiger partial charge in [0, 0.05) is 17.1 Å². The third kappa shape index (κ3) is 6.53. The number of nitrogens with zero attached hydrogens (tertiary/aromatic N) is 1. The fraction of sp³-hybridized carbons (Fsp3) is 0.179. The molecule has 3 N–H and O–H groups in total. The molecule has 2 aromatic carbocycles. The summed E-state index contributed by atoms with van der Waals surface area (Å²) in [5, 5.41) is 18.8. The molecule has 2 amide bonds. The van der Waals surface area contributed by atoms with Crippen molar-refractivity contribution in [1.29, 1.82) is 5.26 Å². The molecular weight excluding hydrogens is 529 g/mol. The first-order chi connectivity index (χ1) is 18.6. The van der Waals surface area contributed by atoms with Crippen molar-refractivity contribution < 1.29 is 27.2 Å². The average molecular weight is 553 g/mol. The fourth-order valence-electron chi connectivity index (χ4n) is 4.10. The number of thioether (sulfide) groups is 1. The van der Waals surface area contributed by atoms with Crippen molar-refractivity contribution >= 4 is 35.0 Å². The number of hydrogen-bond acceptors (Lipinski definition) is 6. The van der Waals surface area contributed by atoms with Crippen LogP contribution in [-0.4, -0.2) is 17.6 Å². The Kier molecular flexibility index (Phi) is 8.16. The number of carbonyl (C=O) groups is 2. The molecule has 1 aliphatic rings. The second-order valence-electron chi connectivity index (χ2n) is 8.71. The summed E-state index contributed by atoms with van der Waals surface area (Å²) in [6, 6.07) is 17.0. The lowest BCUT2D eigenvalue weighted by atomic mass is 9.85. The molecule has 11 heteroatoms. The fourth-order valence-corrected chi connectivity index (χ4v) is 4.99. The van der Waals surface area contributed by atoms with Crippen LogP contribution in [0.2, 0.25) is 0 Å². The van der Waals surface area contributed by atoms with Crippen LogP contribution in [0.25, 0.3) is 0 Å². The van der Waals surface area contributed by atoms with Gasteiger partial charge in [-0.15, -0.1) is 0 Å². The number of aryl methyl sites for hydroxylation is 1. The van der Waals surface area contributed by atoms with E-state index in [2.05, 4.69) is 22.0 Å². The predicted octanol–water partition coefficient (Wildman–Crippen LogP) is 6.31. The Morgan fingerprint density at radius 2 is 1.77 bits per heavy atom. The summed E-state index contributed by atoms with van der Waals surface area (Å²) in [6.07, 6.45) is -3.10. The number of nitrogens with one attached hydrogen (secondary N) is 3. The van der Waals surface area contributed by atoms with Crippen LogP contribution in [0.1, 0.15) is 29.7 Å². The average Bonchev–Trinajstić information content (AvgIpc) is 3.41. The highest BCUT2D eigenvalue weighted by atomic mass is 32.2. The highest BCUT2D eigenvalue weighted by Gasteiger charge is 2.36. The van der Waals surface area contributed by atoms with Gasteiger partial charge >= 0.3 is 6.18 Å². The normalized spacial score (nSPS) is 15.4. The Bertz CT molecular complexity index is 1500. The maximum atomic E-state index is 13.4. The van der Waals surface area contributed by atoms with Gasteiger partial charge in [-0.2, -0.15) is 18.4 Å². The number of hydrogen-bond donors (Lipinski definition) is 3. The molecule has 0 unspecified atom stereocenters. The van der Waals surface area contributed by atoms with Crippen LogP contribution in [0, 0.1) is 18.3 Å². The number of carbonyl (C=O) groups excluding carboxylic acids is 2. The summed E-state index contributed by atoms with van der Waals surface area (Å²) in [4.78, 5) is 26.0. The smallest absolute Gasteiger partial charge is 0.416 e. The Balaban J connectivity index is 1.56. The van der Waals surface area contributed by atoms with E-state index in [0.29, 0.717) is 22.2 Å². The molecule has 1 aromatic heterocycles. The van der Waals surface area contributed by atoms with E-state index in [1.54, 1.807) is 25.1 Å². The van der Waals surface area contributed by atoms with E-state index in [4.69, 9.17) is 4.42 Å². The van der Waals surface area contributed by atoms with E-state index < -0.39 is 29.5 Å². The van der Waals surface area contributed by atoms with Crippen molar-refractivity contribution in [2.45, 2.75) is 25.9 Å². The molecule has 1 atom stereocenters. The first-order valence-electron chi connectivity index (χ1n) is 11.7. The number of allylic oxidation sites excluding steroid dienone is 2. The summed E-state index contributed by atoms with van der Waals surface area (Å²) < 4.78 is 44.6. The molecule has 7 nitrogen and oxygen atoms in total. The molecule has 39 heavy (non-hydrogen) atoms. The van der Waals surface area contributed by atoms with Crippen LogP contribution >= 0.6 is 11.8 Å². The molecule has 4 rings (SSSR count). The maximum absolute atomic E-state index is 13.4. The number of halogens is 3. The zero-order valence-electron chi connectivity index (χ0n) is 20.8. The molecule has 0 fully saturated rings. The minimum Gasteiger partial charge on any atom is -0.468 e. The largest absolute Gasteiger partial charge is 0.468 e. The number of benzene rings is 2. The van der Waals surface area contributed by atoms with Crippen LogP contribution < -0.4 is 16.0 Å². The molecule has 2 heterocycles. The van der Waals surface area contributed by atoms with Gasteiger partial charge in [0.2, 0.25) is 5.91 Å². The molecule has 0 saturated heterocycles. The van der Waals surface area contributed by atoms with Crippen molar-refractivity contribution in [2.75, 3.05) is 16.4 Å².